The van der Waals surface area contributed by atoms with Crippen molar-refractivity contribution in [2.45, 2.75) is 164 Å². The molecule has 0 nitrogen and oxygen atoms in total. The summed E-state index contributed by atoms with van der Waals surface area (Å²) in [6, 6.07) is 34.3. The Bertz CT molecular complexity index is 2260. The third-order valence-electron chi connectivity index (χ3n) is 14.6. The Kier molecular flexibility index (Phi) is 15.9. The van der Waals surface area contributed by atoms with Crippen LogP contribution in [0.3, 0.4) is 0 Å². The molecule has 3 heteroatoms. The summed E-state index contributed by atoms with van der Waals surface area (Å²) in [5.74, 6) is 3.82. The number of hydrogen-bond acceptors (Lipinski definition) is 0. The van der Waals surface area contributed by atoms with Crippen LogP contribution in [0.1, 0.15) is 175 Å². The van der Waals surface area contributed by atoms with E-state index in [0.29, 0.717) is 11.3 Å². The molecule has 5 aromatic carbocycles. The maximum absolute atomic E-state index is 3.57. The standard InChI is InChI=1S/C21H25.C21H26.C18H25.2ClH.Zr/c1-20(2,3)16-9-7-14-11-15-8-10-17(21(4,5)6)13-19(15)18(14)12-16;1-20(2,3)18-11-7-16(8-12-18)15-17-9-13-19(14-10-17)21(4,5)6;1-12-3-13(2)17(4-12)11-18-8-14-5-15(9-18)7-16(6-14)10-18;;;/h7-13H,1-6H3;7-14H,1-6H3;4,12,14-16H,5-11H2,1-2H3;2*1H;/q-1;;-1;;;+2/p-2. The number of rotatable bonds is 4. The van der Waals surface area contributed by atoms with Crippen molar-refractivity contribution in [1.29, 1.82) is 0 Å². The van der Waals surface area contributed by atoms with Crippen molar-refractivity contribution >= 4 is 24.8 Å². The minimum absolute atomic E-state index is 0. The van der Waals surface area contributed by atoms with Gasteiger partial charge in [-0.25, -0.2) is 5.57 Å². The van der Waals surface area contributed by atoms with E-state index in [4.69, 9.17) is 0 Å². The van der Waals surface area contributed by atoms with Crippen LogP contribution >= 0.6 is 0 Å². The van der Waals surface area contributed by atoms with E-state index in [9.17, 15) is 0 Å². The fourth-order valence-corrected chi connectivity index (χ4v) is 12.2. The molecule has 5 aliphatic rings. The second-order valence-electron chi connectivity index (χ2n) is 24.1. The van der Waals surface area contributed by atoms with E-state index in [-0.39, 0.29) is 46.5 Å². The molecule has 4 bridgehead atoms. The van der Waals surface area contributed by atoms with Gasteiger partial charge in [0.2, 0.25) is 0 Å². The molecule has 10 rings (SSSR count). The second kappa shape index (κ2) is 19.4. The van der Waals surface area contributed by atoms with E-state index in [2.05, 4.69) is 200 Å². The summed E-state index contributed by atoms with van der Waals surface area (Å²) in [7, 11) is 0. The van der Waals surface area contributed by atoms with Crippen molar-refractivity contribution in [3.05, 3.63) is 148 Å². The molecule has 0 aliphatic heterocycles. The van der Waals surface area contributed by atoms with Crippen molar-refractivity contribution < 1.29 is 49.0 Å². The first-order valence-electron chi connectivity index (χ1n) is 23.6. The Hall–Kier alpha value is -2.44. The van der Waals surface area contributed by atoms with E-state index in [1.165, 1.54) is 94.4 Å². The quantitative estimate of drug-likeness (QED) is 0.158. The summed E-state index contributed by atoms with van der Waals surface area (Å²) in [5, 5.41) is 5.49. The van der Waals surface area contributed by atoms with Gasteiger partial charge in [-0.05, 0) is 72.5 Å². The maximum Gasteiger partial charge on any atom is -0.0145 e. The van der Waals surface area contributed by atoms with Crippen molar-refractivity contribution in [3.63, 3.8) is 0 Å². The molecular weight excluding hydrogens is 883 g/mol. The van der Waals surface area contributed by atoms with Gasteiger partial charge in [-0.1, -0.05) is 103 Å². The smallest absolute Gasteiger partial charge is 0.0145 e. The van der Waals surface area contributed by atoms with E-state index in [1.54, 1.807) is 44.1 Å². The molecule has 0 N–H and O–H groups in total. The van der Waals surface area contributed by atoms with Crippen molar-refractivity contribution in [2.24, 2.45) is 29.1 Å². The van der Waals surface area contributed by atoms with E-state index in [1.807, 2.05) is 0 Å². The molecule has 5 aliphatic carbocycles. The van der Waals surface area contributed by atoms with E-state index < -0.39 is 0 Å². The van der Waals surface area contributed by atoms with Gasteiger partial charge in [-0.2, -0.15) is 11.6 Å². The largest absolute Gasteiger partial charge is 1.00 e. The molecule has 1 atom stereocenters. The summed E-state index contributed by atoms with van der Waals surface area (Å²) in [5.41, 5.74) is 12.9. The fraction of sp³-hybridized carbons (Fsp3) is 0.500. The zero-order chi connectivity index (χ0) is 44.3. The summed E-state index contributed by atoms with van der Waals surface area (Å²) >= 11 is 1.46. The molecule has 0 saturated heterocycles. The van der Waals surface area contributed by atoms with Crippen LogP contribution in [0, 0.1) is 35.2 Å². The summed E-state index contributed by atoms with van der Waals surface area (Å²) in [4.78, 5) is 0. The predicted octanol–water partition coefficient (Wildman–Crippen LogP) is 10.6. The molecular formula is C60H76Cl2Zr-2. The van der Waals surface area contributed by atoms with Gasteiger partial charge >= 0.3 is 151 Å². The van der Waals surface area contributed by atoms with Crippen LogP contribution in [0.2, 0.25) is 0 Å². The predicted molar refractivity (Wildman–Crippen MR) is 263 cm³/mol. The summed E-state index contributed by atoms with van der Waals surface area (Å²) in [6.07, 6.45) is 16.7. The van der Waals surface area contributed by atoms with Gasteiger partial charge in [0.05, 0.1) is 0 Å². The molecule has 0 spiro atoms. The van der Waals surface area contributed by atoms with Crippen LogP contribution in [0.25, 0.3) is 21.5 Å². The third-order valence-corrected chi connectivity index (χ3v) is 16.0. The zero-order valence-corrected chi connectivity index (χ0v) is 45.2. The van der Waals surface area contributed by atoms with E-state index >= 15 is 0 Å². The Morgan fingerprint density at radius 2 is 0.921 bits per heavy atom. The minimum atomic E-state index is 0. The fourth-order valence-electron chi connectivity index (χ4n) is 11.4. The summed E-state index contributed by atoms with van der Waals surface area (Å²) in [6.45, 7) is 31.8. The number of halogens is 2. The number of fused-ring (bicyclic) bond motifs is 3. The van der Waals surface area contributed by atoms with Crippen LogP contribution in [-0.4, -0.2) is 3.21 Å². The normalized spacial score (nSPS) is 22.9. The second-order valence-corrected chi connectivity index (χ2v) is 25.4. The molecule has 5 aromatic rings. The average molecular weight is 959 g/mol. The van der Waals surface area contributed by atoms with Crippen LogP contribution in [0.4, 0.5) is 0 Å². The SMILES string of the molecule is CC(C)(C)c1ccc([C](=[Zr+2])c2ccc(C(C)(C)C)cc2)cc1.CC(C)(C)c1ccc2[cH-]c3ccc(C(C)(C)C)cc3c2c1.CC1=[C-]C(C)C=C1CC12CC3CC(CC(C3)C1)C2.[Cl-].[Cl-]. The third kappa shape index (κ3) is 12.1. The maximum atomic E-state index is 3.57. The van der Waals surface area contributed by atoms with Gasteiger partial charge < -0.3 is 24.8 Å². The van der Waals surface area contributed by atoms with Gasteiger partial charge in [-0.3, -0.25) is 6.08 Å². The molecule has 63 heavy (non-hydrogen) atoms. The first-order chi connectivity index (χ1) is 28.4. The van der Waals surface area contributed by atoms with Gasteiger partial charge in [0.25, 0.3) is 0 Å². The molecule has 1 unspecified atom stereocenters. The van der Waals surface area contributed by atoms with Gasteiger partial charge in [0.1, 0.15) is 0 Å². The summed E-state index contributed by atoms with van der Waals surface area (Å²) < 4.78 is 1.42. The zero-order valence-electron chi connectivity index (χ0n) is 41.3. The van der Waals surface area contributed by atoms with Crippen LogP contribution < -0.4 is 24.8 Å². The Morgan fingerprint density at radius 3 is 1.24 bits per heavy atom. The molecule has 0 aromatic heterocycles. The first-order valence-corrected chi connectivity index (χ1v) is 24.9. The molecule has 0 radical (unpaired) electrons. The Labute approximate surface area is 411 Å². The topological polar surface area (TPSA) is 0 Å². The number of allylic oxidation sites excluding steroid dienone is 4. The molecule has 0 heterocycles. The minimum Gasteiger partial charge on any atom is -1.00 e. The molecule has 0 amide bonds. The molecule has 4 fully saturated rings. The Morgan fingerprint density at radius 1 is 0.571 bits per heavy atom. The Balaban J connectivity index is 0.000000176. The van der Waals surface area contributed by atoms with Crippen LogP contribution in [-0.2, 0) is 45.9 Å². The number of hydrogen-bond donors (Lipinski definition) is 0. The molecule has 4 saturated carbocycles. The van der Waals surface area contributed by atoms with Gasteiger partial charge in [0, 0.05) is 0 Å². The number of benzene rings is 4. The van der Waals surface area contributed by atoms with Gasteiger partial charge in [0.15, 0.2) is 0 Å². The van der Waals surface area contributed by atoms with Crippen molar-refractivity contribution in [1.82, 2.24) is 0 Å². The van der Waals surface area contributed by atoms with Gasteiger partial charge in [-0.15, -0.1) is 39.7 Å². The average Bonchev–Trinajstić information content (AvgIpc) is 3.69. The molecule has 336 valence electrons. The monoisotopic (exact) mass is 956 g/mol. The first kappa shape index (κ1) is 51.5. The van der Waals surface area contributed by atoms with Crippen molar-refractivity contribution in [2.75, 3.05) is 0 Å². The van der Waals surface area contributed by atoms with Crippen molar-refractivity contribution in [3.8, 4) is 0 Å². The van der Waals surface area contributed by atoms with E-state index in [0.717, 1.165) is 17.8 Å². The van der Waals surface area contributed by atoms with Crippen LogP contribution in [0.15, 0.2) is 108 Å². The van der Waals surface area contributed by atoms with Crippen LogP contribution in [0.5, 0.6) is 0 Å².